The smallest absolute Gasteiger partial charge is 0.416 e. The highest BCUT2D eigenvalue weighted by molar-refractivity contribution is 5.85. The molecule has 0 saturated carbocycles. The lowest BCUT2D eigenvalue weighted by Crippen LogP contribution is -2.09. The van der Waals surface area contributed by atoms with E-state index < -0.39 is 17.7 Å². The van der Waals surface area contributed by atoms with Gasteiger partial charge < -0.3 is 9.47 Å². The maximum Gasteiger partial charge on any atom is 0.416 e. The summed E-state index contributed by atoms with van der Waals surface area (Å²) < 4.78 is 51.3. The Kier molecular flexibility index (Phi) is 8.12. The van der Waals surface area contributed by atoms with Crippen molar-refractivity contribution in [2.45, 2.75) is 46.4 Å². The van der Waals surface area contributed by atoms with Crippen LogP contribution in [-0.2, 0) is 15.7 Å². The number of nitrogens with zero attached hydrogens (tertiary/aromatic N) is 4. The molecule has 0 N–H and O–H groups in total. The van der Waals surface area contributed by atoms with Crippen LogP contribution in [0.25, 0.3) is 17.6 Å². The number of aliphatic imine (C=N–C) groups is 1. The molecule has 1 heterocycles. The maximum absolute atomic E-state index is 13.2. The van der Waals surface area contributed by atoms with E-state index in [4.69, 9.17) is 9.47 Å². The molecular weight excluding hydrogens is 413 g/mol. The molecule has 0 radical (unpaired) electrons. The molecule has 166 valence electrons. The van der Waals surface area contributed by atoms with E-state index in [-0.39, 0.29) is 23.2 Å². The van der Waals surface area contributed by atoms with E-state index in [0.29, 0.717) is 12.1 Å². The molecule has 0 aliphatic carbocycles. The van der Waals surface area contributed by atoms with Crippen molar-refractivity contribution in [3.8, 4) is 17.1 Å². The van der Waals surface area contributed by atoms with E-state index >= 15 is 0 Å². The monoisotopic (exact) mass is 436 g/mol. The van der Waals surface area contributed by atoms with Gasteiger partial charge in [-0.1, -0.05) is 6.92 Å². The Balaban J connectivity index is 2.21. The normalized spacial score (nSPS) is 12.8. The van der Waals surface area contributed by atoms with Gasteiger partial charge in [0.2, 0.25) is 0 Å². The first-order valence-corrected chi connectivity index (χ1v) is 9.49. The second-order valence-electron chi connectivity index (χ2n) is 6.56. The topological polar surface area (TPSA) is 78.6 Å². The van der Waals surface area contributed by atoms with Crippen LogP contribution in [0.4, 0.5) is 13.2 Å². The standard InChI is InChI=1S/C21H23F3N4O3/c1-5-17(25-6-2)12-30-19(29)7-8-28-13-26-20(27-28)15-9-16(21(22,23)24)11-18(10-15)31-14(3)4/h6-14H,5H2,1-4H3/b8-7?,17-12-,25-6?. The van der Waals surface area contributed by atoms with Gasteiger partial charge in [0, 0.05) is 24.1 Å². The average molecular weight is 436 g/mol. The predicted octanol–water partition coefficient (Wildman–Crippen LogP) is 5.11. The first-order valence-electron chi connectivity index (χ1n) is 9.49. The molecule has 2 aromatic rings. The lowest BCUT2D eigenvalue weighted by Gasteiger charge is -2.14. The van der Waals surface area contributed by atoms with Crippen molar-refractivity contribution in [3.63, 3.8) is 0 Å². The zero-order valence-corrected chi connectivity index (χ0v) is 17.6. The van der Waals surface area contributed by atoms with E-state index in [1.165, 1.54) is 29.5 Å². The summed E-state index contributed by atoms with van der Waals surface area (Å²) in [7, 11) is 0. The van der Waals surface area contributed by atoms with Crippen molar-refractivity contribution in [1.29, 1.82) is 0 Å². The Morgan fingerprint density at radius 3 is 2.65 bits per heavy atom. The number of hydrogen-bond acceptors (Lipinski definition) is 6. The number of carbonyl (C=O) groups is 1. The van der Waals surface area contributed by atoms with Crippen LogP contribution in [0.15, 0.2) is 47.6 Å². The number of halogens is 3. The zero-order chi connectivity index (χ0) is 23.0. The molecule has 1 aromatic carbocycles. The van der Waals surface area contributed by atoms with Gasteiger partial charge in [0.05, 0.1) is 17.4 Å². The van der Waals surface area contributed by atoms with Crippen LogP contribution in [0, 0.1) is 0 Å². The average Bonchev–Trinajstić information content (AvgIpc) is 3.17. The summed E-state index contributed by atoms with van der Waals surface area (Å²) in [5.41, 5.74) is -0.145. The highest BCUT2D eigenvalue weighted by Crippen LogP contribution is 2.35. The summed E-state index contributed by atoms with van der Waals surface area (Å²) in [6.45, 7) is 7.04. The molecule has 7 nitrogen and oxygen atoms in total. The van der Waals surface area contributed by atoms with Crippen molar-refractivity contribution in [2.24, 2.45) is 4.99 Å². The van der Waals surface area contributed by atoms with Gasteiger partial charge >= 0.3 is 12.1 Å². The molecule has 0 aliphatic heterocycles. The highest BCUT2D eigenvalue weighted by atomic mass is 19.4. The van der Waals surface area contributed by atoms with Crippen LogP contribution in [0.3, 0.4) is 0 Å². The molecule has 0 unspecified atom stereocenters. The molecule has 0 bridgehead atoms. The number of aromatic nitrogens is 3. The van der Waals surface area contributed by atoms with Crippen LogP contribution in [-0.4, -0.2) is 33.1 Å². The Labute approximate surface area is 177 Å². The summed E-state index contributed by atoms with van der Waals surface area (Å²) in [6, 6.07) is 3.30. The molecule has 0 amide bonds. The first-order chi connectivity index (χ1) is 14.6. The lowest BCUT2D eigenvalue weighted by atomic mass is 10.1. The minimum absolute atomic E-state index is 0.0446. The fraction of sp³-hybridized carbons (Fsp3) is 0.333. The summed E-state index contributed by atoms with van der Waals surface area (Å²) in [5.74, 6) is -0.562. The molecule has 0 saturated heterocycles. The molecule has 0 aliphatic rings. The first kappa shape index (κ1) is 23.8. The number of alkyl halides is 3. The number of esters is 1. The minimum Gasteiger partial charge on any atom is -0.491 e. The van der Waals surface area contributed by atoms with E-state index in [9.17, 15) is 18.0 Å². The van der Waals surface area contributed by atoms with Gasteiger partial charge in [0.25, 0.3) is 0 Å². The van der Waals surface area contributed by atoms with Crippen LogP contribution in [0.1, 0.15) is 39.7 Å². The number of allylic oxidation sites excluding steroid dienone is 1. The van der Waals surface area contributed by atoms with Crippen molar-refractivity contribution in [2.75, 3.05) is 0 Å². The highest BCUT2D eigenvalue weighted by Gasteiger charge is 2.32. The van der Waals surface area contributed by atoms with Crippen LogP contribution in [0.5, 0.6) is 5.75 Å². The Hall–Kier alpha value is -3.43. The second-order valence-corrected chi connectivity index (χ2v) is 6.56. The van der Waals surface area contributed by atoms with Gasteiger partial charge in [-0.15, -0.1) is 5.10 Å². The van der Waals surface area contributed by atoms with E-state index in [0.717, 1.165) is 18.2 Å². The van der Waals surface area contributed by atoms with Crippen LogP contribution < -0.4 is 4.74 Å². The Bertz CT molecular complexity index is 992. The third kappa shape index (κ3) is 7.40. The fourth-order valence-electron chi connectivity index (χ4n) is 2.38. The predicted molar refractivity (Wildman–Crippen MR) is 110 cm³/mol. The number of hydrogen-bond donors (Lipinski definition) is 0. The van der Waals surface area contributed by atoms with Crippen LogP contribution >= 0.6 is 0 Å². The zero-order valence-electron chi connectivity index (χ0n) is 17.6. The summed E-state index contributed by atoms with van der Waals surface area (Å²) in [5, 5.41) is 4.09. The van der Waals surface area contributed by atoms with Crippen LogP contribution in [0.2, 0.25) is 0 Å². The number of carbonyl (C=O) groups excluding carboxylic acids is 1. The molecule has 1 aromatic heterocycles. The van der Waals surface area contributed by atoms with Gasteiger partial charge in [-0.25, -0.2) is 14.5 Å². The maximum atomic E-state index is 13.2. The molecular formula is C21H23F3N4O3. The Morgan fingerprint density at radius 1 is 1.29 bits per heavy atom. The number of rotatable bonds is 8. The van der Waals surface area contributed by atoms with Gasteiger partial charge in [-0.05, 0) is 45.4 Å². The third-order valence-electron chi connectivity index (χ3n) is 3.70. The van der Waals surface area contributed by atoms with Gasteiger partial charge in [0.15, 0.2) is 5.82 Å². The van der Waals surface area contributed by atoms with Crippen molar-refractivity contribution >= 4 is 18.4 Å². The molecule has 0 atom stereocenters. The van der Waals surface area contributed by atoms with Gasteiger partial charge in [-0.3, -0.25) is 4.99 Å². The lowest BCUT2D eigenvalue weighted by molar-refractivity contribution is -0.137. The SMILES string of the molecule is CC=N/C(=C\OC(=O)C=Cn1cnc(-c2cc(OC(C)C)cc(C(F)(F)F)c2)n1)CC. The van der Waals surface area contributed by atoms with E-state index in [2.05, 4.69) is 15.1 Å². The van der Waals surface area contributed by atoms with Gasteiger partial charge in [0.1, 0.15) is 18.3 Å². The van der Waals surface area contributed by atoms with Crippen molar-refractivity contribution in [1.82, 2.24) is 14.8 Å². The molecule has 2 rings (SSSR count). The quantitative estimate of drug-likeness (QED) is 0.249. The molecule has 31 heavy (non-hydrogen) atoms. The van der Waals surface area contributed by atoms with Crippen molar-refractivity contribution in [3.05, 3.63) is 48.1 Å². The summed E-state index contributed by atoms with van der Waals surface area (Å²) >= 11 is 0. The summed E-state index contributed by atoms with van der Waals surface area (Å²) in [6.07, 6.45) is 2.22. The Morgan fingerprint density at radius 2 is 2.03 bits per heavy atom. The fourth-order valence-corrected chi connectivity index (χ4v) is 2.38. The van der Waals surface area contributed by atoms with Crippen molar-refractivity contribution < 1.29 is 27.4 Å². The molecule has 0 fully saturated rings. The van der Waals surface area contributed by atoms with Gasteiger partial charge in [-0.2, -0.15) is 13.2 Å². The van der Waals surface area contributed by atoms with E-state index in [1.807, 2.05) is 6.92 Å². The number of ether oxygens (including phenoxy) is 2. The second kappa shape index (κ2) is 10.6. The summed E-state index contributed by atoms with van der Waals surface area (Å²) in [4.78, 5) is 19.9. The largest absolute Gasteiger partial charge is 0.491 e. The van der Waals surface area contributed by atoms with E-state index in [1.54, 1.807) is 27.0 Å². The number of benzene rings is 1. The molecule has 10 heteroatoms. The molecule has 0 spiro atoms. The minimum atomic E-state index is -4.55. The third-order valence-corrected chi connectivity index (χ3v) is 3.70.